The van der Waals surface area contributed by atoms with Gasteiger partial charge in [0.05, 0.1) is 0 Å². The van der Waals surface area contributed by atoms with Crippen molar-refractivity contribution >= 4 is 0 Å². The summed E-state index contributed by atoms with van der Waals surface area (Å²) in [6.07, 6.45) is 5.05. The van der Waals surface area contributed by atoms with E-state index in [0.717, 1.165) is 35.3 Å². The van der Waals surface area contributed by atoms with Crippen LogP contribution in [0.2, 0.25) is 0 Å². The smallest absolute Gasteiger partial charge is 0.129 e. The summed E-state index contributed by atoms with van der Waals surface area (Å²) in [5.41, 5.74) is 7.90. The van der Waals surface area contributed by atoms with E-state index in [0.29, 0.717) is 6.42 Å². The second-order valence-electron chi connectivity index (χ2n) is 6.36. The Labute approximate surface area is 114 Å². The highest BCUT2D eigenvalue weighted by Gasteiger charge is 2.49. The molecule has 3 nitrogen and oxygen atoms in total. The van der Waals surface area contributed by atoms with Gasteiger partial charge < -0.3 is 15.6 Å². The van der Waals surface area contributed by atoms with E-state index in [9.17, 15) is 5.11 Å². The molecule has 1 saturated carbocycles. The zero-order valence-corrected chi connectivity index (χ0v) is 11.8. The fourth-order valence-corrected chi connectivity index (χ4v) is 3.80. The highest BCUT2D eigenvalue weighted by atomic mass is 16.5. The standard InChI is InChI=1S/C16H23NO2/c1-11-7-12(2)14-13(8-11)16(18,10-17)9-15(19-14)5-3-4-6-15/h7-8,18H,3-6,9-10,17H2,1-2H3. The summed E-state index contributed by atoms with van der Waals surface area (Å²) in [5, 5.41) is 11.0. The molecule has 0 bridgehead atoms. The van der Waals surface area contributed by atoms with Crippen molar-refractivity contribution in [1.82, 2.24) is 0 Å². The lowest BCUT2D eigenvalue weighted by atomic mass is 9.77. The van der Waals surface area contributed by atoms with Gasteiger partial charge in [-0.2, -0.15) is 0 Å². The van der Waals surface area contributed by atoms with Crippen molar-refractivity contribution in [2.45, 2.75) is 57.2 Å². The maximum absolute atomic E-state index is 11.0. The molecule has 0 radical (unpaired) electrons. The van der Waals surface area contributed by atoms with Crippen LogP contribution in [-0.2, 0) is 5.60 Å². The number of aliphatic hydroxyl groups is 1. The lowest BCUT2D eigenvalue weighted by Gasteiger charge is -2.45. The van der Waals surface area contributed by atoms with Gasteiger partial charge in [-0.15, -0.1) is 0 Å². The normalized spacial score (nSPS) is 28.2. The summed E-state index contributed by atoms with van der Waals surface area (Å²) in [6.45, 7) is 4.36. The zero-order chi connectivity index (χ0) is 13.7. The third kappa shape index (κ3) is 1.96. The Balaban J connectivity index is 2.14. The number of aryl methyl sites for hydroxylation is 2. The molecule has 2 aliphatic rings. The minimum atomic E-state index is -0.936. The van der Waals surface area contributed by atoms with Crippen LogP contribution in [0.1, 0.15) is 48.8 Å². The van der Waals surface area contributed by atoms with Crippen molar-refractivity contribution in [2.24, 2.45) is 5.73 Å². The van der Waals surface area contributed by atoms with E-state index in [1.807, 2.05) is 13.0 Å². The number of rotatable bonds is 1. The van der Waals surface area contributed by atoms with Crippen LogP contribution in [0.15, 0.2) is 12.1 Å². The van der Waals surface area contributed by atoms with Gasteiger partial charge in [0, 0.05) is 18.5 Å². The highest BCUT2D eigenvalue weighted by molar-refractivity contribution is 5.49. The summed E-state index contributed by atoms with van der Waals surface area (Å²) < 4.78 is 6.35. The van der Waals surface area contributed by atoms with Gasteiger partial charge in [-0.25, -0.2) is 0 Å². The van der Waals surface area contributed by atoms with E-state index >= 15 is 0 Å². The van der Waals surface area contributed by atoms with Gasteiger partial charge >= 0.3 is 0 Å². The van der Waals surface area contributed by atoms with Crippen molar-refractivity contribution < 1.29 is 9.84 Å². The summed E-state index contributed by atoms with van der Waals surface area (Å²) in [4.78, 5) is 0. The Hall–Kier alpha value is -1.06. The molecule has 19 heavy (non-hydrogen) atoms. The Morgan fingerprint density at radius 2 is 1.95 bits per heavy atom. The van der Waals surface area contributed by atoms with Crippen molar-refractivity contribution in [1.29, 1.82) is 0 Å². The van der Waals surface area contributed by atoms with Gasteiger partial charge in [0.25, 0.3) is 0 Å². The fourth-order valence-electron chi connectivity index (χ4n) is 3.80. The quantitative estimate of drug-likeness (QED) is 0.817. The van der Waals surface area contributed by atoms with E-state index < -0.39 is 5.60 Å². The number of hydrogen-bond donors (Lipinski definition) is 2. The lowest BCUT2D eigenvalue weighted by molar-refractivity contribution is -0.0716. The molecule has 1 aromatic carbocycles. The Morgan fingerprint density at radius 1 is 1.26 bits per heavy atom. The molecule has 104 valence electrons. The van der Waals surface area contributed by atoms with Crippen LogP contribution in [-0.4, -0.2) is 17.3 Å². The number of ether oxygens (including phenoxy) is 1. The topological polar surface area (TPSA) is 55.5 Å². The first-order valence-electron chi connectivity index (χ1n) is 7.21. The maximum atomic E-state index is 11.0. The van der Waals surface area contributed by atoms with Crippen LogP contribution in [0.25, 0.3) is 0 Å². The molecule has 3 heteroatoms. The van der Waals surface area contributed by atoms with Crippen LogP contribution >= 0.6 is 0 Å². The molecule has 1 fully saturated rings. The molecule has 3 rings (SSSR count). The third-order valence-electron chi connectivity index (χ3n) is 4.71. The largest absolute Gasteiger partial charge is 0.486 e. The molecule has 1 aliphatic heterocycles. The van der Waals surface area contributed by atoms with Crippen molar-refractivity contribution in [3.63, 3.8) is 0 Å². The Kier molecular flexibility index (Phi) is 2.88. The van der Waals surface area contributed by atoms with E-state index in [1.54, 1.807) is 0 Å². The SMILES string of the molecule is Cc1cc(C)c2c(c1)C(O)(CN)CC1(CCCC1)O2. The van der Waals surface area contributed by atoms with Crippen LogP contribution in [0.5, 0.6) is 5.75 Å². The Morgan fingerprint density at radius 3 is 2.58 bits per heavy atom. The number of hydrogen-bond acceptors (Lipinski definition) is 3. The molecular formula is C16H23NO2. The minimum absolute atomic E-state index is 0.193. The molecular weight excluding hydrogens is 238 g/mol. The van der Waals surface area contributed by atoms with Gasteiger partial charge in [0.2, 0.25) is 0 Å². The van der Waals surface area contributed by atoms with Crippen molar-refractivity contribution in [2.75, 3.05) is 6.54 Å². The molecule has 0 saturated heterocycles. The average molecular weight is 261 g/mol. The van der Waals surface area contributed by atoms with E-state index in [4.69, 9.17) is 10.5 Å². The molecule has 1 aliphatic carbocycles. The minimum Gasteiger partial charge on any atom is -0.486 e. The van der Waals surface area contributed by atoms with Crippen LogP contribution in [0, 0.1) is 13.8 Å². The predicted molar refractivity (Wildman–Crippen MR) is 75.3 cm³/mol. The van der Waals surface area contributed by atoms with Crippen LogP contribution in [0.3, 0.4) is 0 Å². The van der Waals surface area contributed by atoms with E-state index in [1.165, 1.54) is 12.8 Å². The number of benzene rings is 1. The summed E-state index contributed by atoms with van der Waals surface area (Å²) in [5.74, 6) is 0.867. The first-order chi connectivity index (χ1) is 8.98. The summed E-state index contributed by atoms with van der Waals surface area (Å²) in [6, 6.07) is 4.14. The first kappa shape index (κ1) is 12.9. The van der Waals surface area contributed by atoms with Crippen molar-refractivity contribution in [3.8, 4) is 5.75 Å². The zero-order valence-electron chi connectivity index (χ0n) is 11.8. The van der Waals surface area contributed by atoms with Gasteiger partial charge in [0.1, 0.15) is 17.0 Å². The second kappa shape index (κ2) is 4.22. The third-order valence-corrected chi connectivity index (χ3v) is 4.71. The molecule has 1 atom stereocenters. The molecule has 1 aromatic rings. The summed E-state index contributed by atoms with van der Waals surface area (Å²) >= 11 is 0. The van der Waals surface area contributed by atoms with Crippen molar-refractivity contribution in [3.05, 3.63) is 28.8 Å². The number of fused-ring (bicyclic) bond motifs is 1. The highest BCUT2D eigenvalue weighted by Crippen LogP contribution is 2.50. The molecule has 1 heterocycles. The average Bonchev–Trinajstić information content (AvgIpc) is 2.79. The number of nitrogens with two attached hydrogens (primary N) is 1. The molecule has 1 spiro atoms. The molecule has 3 N–H and O–H groups in total. The summed E-state index contributed by atoms with van der Waals surface area (Å²) in [7, 11) is 0. The van der Waals surface area contributed by atoms with Gasteiger partial charge in [-0.3, -0.25) is 0 Å². The van der Waals surface area contributed by atoms with E-state index in [2.05, 4.69) is 13.0 Å². The monoisotopic (exact) mass is 261 g/mol. The van der Waals surface area contributed by atoms with E-state index in [-0.39, 0.29) is 12.1 Å². The second-order valence-corrected chi connectivity index (χ2v) is 6.36. The van der Waals surface area contributed by atoms with Crippen LogP contribution < -0.4 is 10.5 Å². The maximum Gasteiger partial charge on any atom is 0.129 e. The fraction of sp³-hybridized carbons (Fsp3) is 0.625. The van der Waals surface area contributed by atoms with Gasteiger partial charge in [0.15, 0.2) is 0 Å². The van der Waals surface area contributed by atoms with Gasteiger partial charge in [-0.1, -0.05) is 11.6 Å². The first-order valence-corrected chi connectivity index (χ1v) is 7.21. The predicted octanol–water partition coefficient (Wildman–Crippen LogP) is 2.55. The molecule has 0 aromatic heterocycles. The lowest BCUT2D eigenvalue weighted by Crippen LogP contribution is -2.50. The van der Waals surface area contributed by atoms with Crippen LogP contribution in [0.4, 0.5) is 0 Å². The molecule has 0 amide bonds. The van der Waals surface area contributed by atoms with Gasteiger partial charge in [-0.05, 0) is 51.2 Å². The molecule has 1 unspecified atom stereocenters. The Bertz CT molecular complexity index is 506.